The van der Waals surface area contributed by atoms with Crippen molar-refractivity contribution in [1.29, 1.82) is 0 Å². The maximum absolute atomic E-state index is 12.4. The van der Waals surface area contributed by atoms with Crippen LogP contribution >= 0.6 is 15.9 Å². The van der Waals surface area contributed by atoms with Crippen LogP contribution in [0.5, 0.6) is 0 Å². The summed E-state index contributed by atoms with van der Waals surface area (Å²) in [6.07, 6.45) is 5.25. The van der Waals surface area contributed by atoms with Crippen molar-refractivity contribution < 1.29 is 8.42 Å². The van der Waals surface area contributed by atoms with E-state index in [4.69, 9.17) is 0 Å². The van der Waals surface area contributed by atoms with Crippen LogP contribution in [0.2, 0.25) is 0 Å². The molecule has 0 spiro atoms. The third-order valence-corrected chi connectivity index (χ3v) is 6.33. The van der Waals surface area contributed by atoms with Gasteiger partial charge in [0.05, 0.1) is 11.4 Å². The van der Waals surface area contributed by atoms with E-state index in [1.54, 1.807) is 30.5 Å². The number of sulfonamides is 1. The van der Waals surface area contributed by atoms with E-state index in [1.165, 1.54) is 6.42 Å². The highest BCUT2D eigenvalue weighted by atomic mass is 79.9. The summed E-state index contributed by atoms with van der Waals surface area (Å²) in [5.74, 6) is 1.33. The Morgan fingerprint density at radius 1 is 1.12 bits per heavy atom. The second-order valence-electron chi connectivity index (χ2n) is 5.63. The van der Waals surface area contributed by atoms with Crippen LogP contribution in [0.3, 0.4) is 0 Å². The Bertz CT molecular complexity index is 807. The SMILES string of the molecule is O=S(=O)(NCc1nccc(N2CCCCC2)n1)c1ccccc1Br. The third-order valence-electron chi connectivity index (χ3n) is 3.92. The molecule has 2 heterocycles. The number of nitrogens with zero attached hydrogens (tertiary/aromatic N) is 3. The predicted octanol–water partition coefficient (Wildman–Crippen LogP) is 2.71. The highest BCUT2D eigenvalue weighted by Crippen LogP contribution is 2.21. The van der Waals surface area contributed by atoms with Gasteiger partial charge >= 0.3 is 0 Å². The molecule has 1 fully saturated rings. The summed E-state index contributed by atoms with van der Waals surface area (Å²) in [6, 6.07) is 8.58. The number of benzene rings is 1. The van der Waals surface area contributed by atoms with Gasteiger partial charge in [0.2, 0.25) is 10.0 Å². The van der Waals surface area contributed by atoms with Crippen molar-refractivity contribution in [3.63, 3.8) is 0 Å². The molecule has 0 bridgehead atoms. The average Bonchev–Trinajstić information content (AvgIpc) is 2.61. The molecule has 6 nitrogen and oxygen atoms in total. The van der Waals surface area contributed by atoms with E-state index in [-0.39, 0.29) is 11.4 Å². The highest BCUT2D eigenvalue weighted by molar-refractivity contribution is 9.10. The molecule has 1 N–H and O–H groups in total. The number of nitrogens with one attached hydrogen (secondary N) is 1. The summed E-state index contributed by atoms with van der Waals surface area (Å²) < 4.78 is 27.9. The Morgan fingerprint density at radius 2 is 1.88 bits per heavy atom. The standard InChI is InChI=1S/C16H19BrN4O2S/c17-13-6-2-3-7-14(13)24(22,23)19-12-15-18-9-8-16(20-15)21-10-4-1-5-11-21/h2-3,6-9,19H,1,4-5,10-12H2. The van der Waals surface area contributed by atoms with E-state index in [2.05, 4.69) is 35.5 Å². The first-order chi connectivity index (χ1) is 11.6. The van der Waals surface area contributed by atoms with Crippen LogP contribution in [-0.4, -0.2) is 31.5 Å². The third kappa shape index (κ3) is 4.12. The second-order valence-corrected chi connectivity index (χ2v) is 8.22. The Hall–Kier alpha value is -1.51. The van der Waals surface area contributed by atoms with Crippen LogP contribution in [0.1, 0.15) is 25.1 Å². The Labute approximate surface area is 150 Å². The molecular weight excluding hydrogens is 392 g/mol. The number of hydrogen-bond acceptors (Lipinski definition) is 5. The number of hydrogen-bond donors (Lipinski definition) is 1. The molecular formula is C16H19BrN4O2S. The van der Waals surface area contributed by atoms with Crippen LogP contribution < -0.4 is 9.62 Å². The zero-order chi connectivity index (χ0) is 17.0. The number of halogens is 1. The molecule has 1 aliphatic rings. The van der Waals surface area contributed by atoms with Gasteiger partial charge in [-0.3, -0.25) is 0 Å². The number of rotatable bonds is 5. The maximum Gasteiger partial charge on any atom is 0.242 e. The van der Waals surface area contributed by atoms with Crippen LogP contribution in [0, 0.1) is 0 Å². The van der Waals surface area contributed by atoms with Crippen molar-refractivity contribution in [2.24, 2.45) is 0 Å². The van der Waals surface area contributed by atoms with E-state index in [0.29, 0.717) is 10.3 Å². The summed E-state index contributed by atoms with van der Waals surface area (Å²) in [5.41, 5.74) is 0. The van der Waals surface area contributed by atoms with Gasteiger partial charge in [-0.05, 0) is 53.4 Å². The summed E-state index contributed by atoms with van der Waals surface area (Å²) in [6.45, 7) is 2.03. The van der Waals surface area contributed by atoms with Crippen molar-refractivity contribution in [1.82, 2.24) is 14.7 Å². The second kappa shape index (κ2) is 7.58. The molecule has 2 aromatic rings. The maximum atomic E-state index is 12.4. The van der Waals surface area contributed by atoms with Crippen molar-refractivity contribution >= 4 is 31.8 Å². The van der Waals surface area contributed by atoms with Crippen LogP contribution in [0.25, 0.3) is 0 Å². The molecule has 0 atom stereocenters. The van der Waals surface area contributed by atoms with E-state index in [9.17, 15) is 8.42 Å². The first-order valence-corrected chi connectivity index (χ1v) is 10.1. The minimum atomic E-state index is -3.62. The predicted molar refractivity (Wildman–Crippen MR) is 96.3 cm³/mol. The fraction of sp³-hybridized carbons (Fsp3) is 0.375. The largest absolute Gasteiger partial charge is 0.357 e. The molecule has 0 saturated carbocycles. The van der Waals surface area contributed by atoms with Gasteiger partial charge in [-0.15, -0.1) is 0 Å². The Morgan fingerprint density at radius 3 is 2.62 bits per heavy atom. The molecule has 0 amide bonds. The van der Waals surface area contributed by atoms with Gasteiger partial charge in [0.25, 0.3) is 0 Å². The summed E-state index contributed by atoms with van der Waals surface area (Å²) >= 11 is 3.26. The average molecular weight is 411 g/mol. The van der Waals surface area contributed by atoms with Gasteiger partial charge in [0, 0.05) is 23.8 Å². The molecule has 1 aliphatic heterocycles. The van der Waals surface area contributed by atoms with Crippen molar-refractivity contribution in [3.05, 3.63) is 46.8 Å². The smallest absolute Gasteiger partial charge is 0.242 e. The molecule has 0 unspecified atom stereocenters. The minimum absolute atomic E-state index is 0.0609. The van der Waals surface area contributed by atoms with Gasteiger partial charge < -0.3 is 4.90 Å². The fourth-order valence-corrected chi connectivity index (χ4v) is 4.65. The van der Waals surface area contributed by atoms with Crippen LogP contribution in [0.15, 0.2) is 45.9 Å². The van der Waals surface area contributed by atoms with E-state index in [1.807, 2.05) is 6.07 Å². The molecule has 0 radical (unpaired) electrons. The van der Waals surface area contributed by atoms with Gasteiger partial charge in [0.15, 0.2) is 0 Å². The van der Waals surface area contributed by atoms with Crippen molar-refractivity contribution in [2.75, 3.05) is 18.0 Å². The molecule has 128 valence electrons. The summed E-state index contributed by atoms with van der Waals surface area (Å²) in [7, 11) is -3.62. The van der Waals surface area contributed by atoms with Gasteiger partial charge in [0.1, 0.15) is 11.6 Å². The van der Waals surface area contributed by atoms with Crippen molar-refractivity contribution in [2.45, 2.75) is 30.7 Å². The Balaban J connectivity index is 1.71. The lowest BCUT2D eigenvalue weighted by Gasteiger charge is -2.27. The highest BCUT2D eigenvalue weighted by Gasteiger charge is 2.18. The molecule has 8 heteroatoms. The molecule has 1 saturated heterocycles. The fourth-order valence-electron chi connectivity index (χ4n) is 2.67. The van der Waals surface area contributed by atoms with E-state index < -0.39 is 10.0 Å². The van der Waals surface area contributed by atoms with Gasteiger partial charge in [-0.2, -0.15) is 0 Å². The van der Waals surface area contributed by atoms with Crippen LogP contribution in [-0.2, 0) is 16.6 Å². The lowest BCUT2D eigenvalue weighted by atomic mass is 10.1. The minimum Gasteiger partial charge on any atom is -0.357 e. The number of aromatic nitrogens is 2. The molecule has 1 aromatic heterocycles. The van der Waals surface area contributed by atoms with E-state index >= 15 is 0 Å². The Kier molecular flexibility index (Phi) is 5.47. The summed E-state index contributed by atoms with van der Waals surface area (Å²) in [5, 5.41) is 0. The van der Waals surface area contributed by atoms with Gasteiger partial charge in [-0.25, -0.2) is 23.1 Å². The lowest BCUT2D eigenvalue weighted by Crippen LogP contribution is -2.31. The van der Waals surface area contributed by atoms with Crippen LogP contribution in [0.4, 0.5) is 5.82 Å². The molecule has 24 heavy (non-hydrogen) atoms. The zero-order valence-electron chi connectivity index (χ0n) is 13.2. The number of piperidine rings is 1. The zero-order valence-corrected chi connectivity index (χ0v) is 15.6. The van der Waals surface area contributed by atoms with Gasteiger partial charge in [-0.1, -0.05) is 12.1 Å². The molecule has 0 aliphatic carbocycles. The van der Waals surface area contributed by atoms with E-state index in [0.717, 1.165) is 31.7 Å². The van der Waals surface area contributed by atoms with Crippen molar-refractivity contribution in [3.8, 4) is 0 Å². The normalized spacial score (nSPS) is 15.5. The topological polar surface area (TPSA) is 75.2 Å². The first kappa shape index (κ1) is 17.3. The lowest BCUT2D eigenvalue weighted by molar-refractivity contribution is 0.569. The first-order valence-electron chi connectivity index (χ1n) is 7.87. The quantitative estimate of drug-likeness (QED) is 0.819. The molecule has 1 aromatic carbocycles. The monoisotopic (exact) mass is 410 g/mol. The molecule has 3 rings (SSSR count). The summed E-state index contributed by atoms with van der Waals surface area (Å²) in [4.78, 5) is 11.1. The number of anilines is 1.